The molecule has 0 aromatic carbocycles. The van der Waals surface area contributed by atoms with Crippen molar-refractivity contribution in [3.8, 4) is 0 Å². The zero-order valence-corrected chi connectivity index (χ0v) is 21.1. The summed E-state index contributed by atoms with van der Waals surface area (Å²) in [6.45, 7) is 2.63. The van der Waals surface area contributed by atoms with Gasteiger partial charge in [0.25, 0.3) is 17.7 Å². The maximum atomic E-state index is 12.9. The third-order valence-corrected chi connectivity index (χ3v) is 5.85. The first-order valence-corrected chi connectivity index (χ1v) is 11.9. The van der Waals surface area contributed by atoms with Gasteiger partial charge in [0.2, 0.25) is 0 Å². The minimum atomic E-state index is -0.381. The molecule has 4 heterocycles. The summed E-state index contributed by atoms with van der Waals surface area (Å²) in [6.07, 6.45) is 5.97. The quantitative estimate of drug-likeness (QED) is 0.242. The van der Waals surface area contributed by atoms with E-state index in [4.69, 9.17) is 5.73 Å². The molecule has 0 radical (unpaired) electrons. The summed E-state index contributed by atoms with van der Waals surface area (Å²) < 4.78 is 4.89. The van der Waals surface area contributed by atoms with Crippen LogP contribution in [0.1, 0.15) is 37.9 Å². The molecule has 3 amide bonds. The Morgan fingerprint density at radius 3 is 1.97 bits per heavy atom. The molecular weight excluding hydrogens is 476 g/mol. The zero-order chi connectivity index (χ0) is 26.5. The van der Waals surface area contributed by atoms with E-state index in [0.717, 1.165) is 25.5 Å². The van der Waals surface area contributed by atoms with Gasteiger partial charge in [-0.2, -0.15) is 0 Å². The summed E-state index contributed by atoms with van der Waals surface area (Å²) in [6, 6.07) is 4.77. The highest BCUT2D eigenvalue weighted by Crippen LogP contribution is 2.19. The van der Waals surface area contributed by atoms with Crippen LogP contribution in [-0.2, 0) is 21.1 Å². The SMILES string of the molecule is Cn1cc(NC(=O)c2cc(NC(=O)c3cc(N)cn3C)cn2C)cc1C(=O)NCCNC1=NCCCN1. The highest BCUT2D eigenvalue weighted by molar-refractivity contribution is 6.07. The number of aromatic nitrogens is 3. The summed E-state index contributed by atoms with van der Waals surface area (Å²) in [5.74, 6) is -0.228. The number of nitrogens with one attached hydrogen (secondary N) is 5. The number of aliphatic imine (C=N–C) groups is 1. The van der Waals surface area contributed by atoms with Gasteiger partial charge in [0.05, 0.1) is 17.1 Å². The van der Waals surface area contributed by atoms with Gasteiger partial charge in [-0.25, -0.2) is 0 Å². The summed E-state index contributed by atoms with van der Waals surface area (Å²) in [7, 11) is 5.16. The Hall–Kier alpha value is -4.68. The van der Waals surface area contributed by atoms with Crippen LogP contribution in [0.4, 0.5) is 17.1 Å². The molecule has 0 atom stereocenters. The molecule has 1 aliphatic heterocycles. The Bertz CT molecular complexity index is 1350. The van der Waals surface area contributed by atoms with Gasteiger partial charge in [-0.3, -0.25) is 19.4 Å². The lowest BCUT2D eigenvalue weighted by molar-refractivity contribution is 0.0944. The normalized spacial score (nSPS) is 12.9. The molecule has 196 valence electrons. The molecule has 7 N–H and O–H groups in total. The second kappa shape index (κ2) is 10.9. The second-order valence-electron chi connectivity index (χ2n) is 8.82. The van der Waals surface area contributed by atoms with E-state index < -0.39 is 0 Å². The first-order valence-electron chi connectivity index (χ1n) is 11.9. The lowest BCUT2D eigenvalue weighted by Crippen LogP contribution is -2.43. The van der Waals surface area contributed by atoms with E-state index in [2.05, 4.69) is 31.6 Å². The smallest absolute Gasteiger partial charge is 0.272 e. The van der Waals surface area contributed by atoms with Crippen molar-refractivity contribution in [3.05, 3.63) is 53.9 Å². The summed E-state index contributed by atoms with van der Waals surface area (Å²) in [5.41, 5.74) is 8.32. The number of nitrogens with zero attached hydrogens (tertiary/aromatic N) is 4. The fraction of sp³-hybridized carbons (Fsp3) is 0.333. The van der Waals surface area contributed by atoms with Crippen LogP contribution >= 0.6 is 0 Å². The first kappa shape index (κ1) is 25.4. The van der Waals surface area contributed by atoms with Crippen molar-refractivity contribution < 1.29 is 14.4 Å². The summed E-state index contributed by atoms with van der Waals surface area (Å²) >= 11 is 0. The Balaban J connectivity index is 1.32. The van der Waals surface area contributed by atoms with Crippen LogP contribution in [0.3, 0.4) is 0 Å². The summed E-state index contributed by atoms with van der Waals surface area (Å²) in [4.78, 5) is 42.4. The van der Waals surface area contributed by atoms with E-state index in [0.29, 0.717) is 47.2 Å². The number of guanidine groups is 1. The van der Waals surface area contributed by atoms with E-state index in [9.17, 15) is 14.4 Å². The van der Waals surface area contributed by atoms with Crippen molar-refractivity contribution >= 4 is 40.7 Å². The van der Waals surface area contributed by atoms with E-state index in [1.165, 1.54) is 0 Å². The maximum Gasteiger partial charge on any atom is 0.272 e. The van der Waals surface area contributed by atoms with Crippen molar-refractivity contribution in [2.45, 2.75) is 6.42 Å². The number of hydrogen-bond donors (Lipinski definition) is 6. The van der Waals surface area contributed by atoms with Crippen molar-refractivity contribution in [2.75, 3.05) is 42.5 Å². The van der Waals surface area contributed by atoms with Crippen LogP contribution in [0.5, 0.6) is 0 Å². The number of rotatable bonds is 8. The van der Waals surface area contributed by atoms with E-state index in [1.807, 2.05) is 0 Å². The largest absolute Gasteiger partial charge is 0.397 e. The molecule has 0 fully saturated rings. The van der Waals surface area contributed by atoms with Crippen LogP contribution < -0.4 is 32.3 Å². The molecule has 3 aromatic heterocycles. The minimum Gasteiger partial charge on any atom is -0.397 e. The first-order chi connectivity index (χ1) is 17.7. The number of hydrogen-bond acceptors (Lipinski definition) is 7. The van der Waals surface area contributed by atoms with Gasteiger partial charge in [-0.15, -0.1) is 0 Å². The molecule has 0 aliphatic carbocycles. The number of nitrogen functional groups attached to an aromatic ring is 1. The monoisotopic (exact) mass is 508 g/mol. The number of nitrogens with two attached hydrogens (primary N) is 1. The Morgan fingerprint density at radius 2 is 1.43 bits per heavy atom. The van der Waals surface area contributed by atoms with Gasteiger partial charge < -0.3 is 46.0 Å². The van der Waals surface area contributed by atoms with Gasteiger partial charge in [0, 0.05) is 65.9 Å². The molecule has 13 nitrogen and oxygen atoms in total. The highest BCUT2D eigenvalue weighted by atomic mass is 16.2. The van der Waals surface area contributed by atoms with Crippen LogP contribution in [0.25, 0.3) is 0 Å². The molecule has 0 spiro atoms. The van der Waals surface area contributed by atoms with Crippen LogP contribution in [0, 0.1) is 0 Å². The average Bonchev–Trinajstić information content (AvgIpc) is 3.52. The fourth-order valence-electron chi connectivity index (χ4n) is 4.02. The van der Waals surface area contributed by atoms with Gasteiger partial charge in [0.1, 0.15) is 17.1 Å². The third kappa shape index (κ3) is 6.12. The fourth-order valence-corrected chi connectivity index (χ4v) is 4.02. The molecule has 0 saturated heterocycles. The molecule has 3 aromatic rings. The standard InChI is InChI=1S/C24H32N10O3/c1-32-12-15(25)9-18(32)22(36)30-17-11-20(34(3)14-17)23(37)31-16-10-19(33(2)13-16)21(35)26-7-8-29-24-27-5-4-6-28-24/h9-14H,4-8,25H2,1-3H3,(H,26,35)(H,30,36)(H,31,37)(H2,27,28,29). The van der Waals surface area contributed by atoms with Crippen molar-refractivity contribution in [3.63, 3.8) is 0 Å². The number of amides is 3. The Labute approximate surface area is 214 Å². The number of carbonyl (C=O) groups excluding carboxylic acids is 3. The Morgan fingerprint density at radius 1 is 0.865 bits per heavy atom. The molecule has 1 aliphatic rings. The van der Waals surface area contributed by atoms with Gasteiger partial charge in [-0.05, 0) is 24.6 Å². The molecule has 13 heteroatoms. The second-order valence-corrected chi connectivity index (χ2v) is 8.82. The van der Waals surface area contributed by atoms with Gasteiger partial charge in [0.15, 0.2) is 5.96 Å². The van der Waals surface area contributed by atoms with Crippen LogP contribution in [0.2, 0.25) is 0 Å². The summed E-state index contributed by atoms with van der Waals surface area (Å²) in [5, 5.41) is 14.7. The van der Waals surface area contributed by atoms with Gasteiger partial charge >= 0.3 is 0 Å². The third-order valence-electron chi connectivity index (χ3n) is 5.85. The van der Waals surface area contributed by atoms with E-state index >= 15 is 0 Å². The lowest BCUT2D eigenvalue weighted by atomic mass is 10.3. The average molecular weight is 509 g/mol. The molecule has 0 saturated carbocycles. The number of carbonyl (C=O) groups is 3. The molecule has 0 bridgehead atoms. The highest BCUT2D eigenvalue weighted by Gasteiger charge is 2.18. The molecular formula is C24H32N10O3. The molecule has 37 heavy (non-hydrogen) atoms. The minimum absolute atomic E-state index is 0.256. The molecule has 4 rings (SSSR count). The van der Waals surface area contributed by atoms with E-state index in [-0.39, 0.29) is 17.7 Å². The lowest BCUT2D eigenvalue weighted by Gasteiger charge is -2.16. The predicted octanol–water partition coefficient (Wildman–Crippen LogP) is 0.458. The zero-order valence-electron chi connectivity index (χ0n) is 21.1. The number of aryl methyl sites for hydroxylation is 3. The van der Waals surface area contributed by atoms with Gasteiger partial charge in [-0.1, -0.05) is 0 Å². The molecule has 0 unspecified atom stereocenters. The topological polar surface area (TPSA) is 165 Å². The van der Waals surface area contributed by atoms with Crippen LogP contribution in [-0.4, -0.2) is 63.6 Å². The Kier molecular flexibility index (Phi) is 7.51. The van der Waals surface area contributed by atoms with Crippen molar-refractivity contribution in [2.24, 2.45) is 26.1 Å². The van der Waals surface area contributed by atoms with E-state index in [1.54, 1.807) is 71.6 Å². The number of anilines is 3. The maximum absolute atomic E-state index is 12.9. The predicted molar refractivity (Wildman–Crippen MR) is 142 cm³/mol. The van der Waals surface area contributed by atoms with Crippen molar-refractivity contribution in [1.29, 1.82) is 0 Å². The van der Waals surface area contributed by atoms with Crippen LogP contribution in [0.15, 0.2) is 41.8 Å². The van der Waals surface area contributed by atoms with Crippen molar-refractivity contribution in [1.82, 2.24) is 29.7 Å².